The van der Waals surface area contributed by atoms with Gasteiger partial charge in [-0.05, 0) is 30.9 Å². The molecule has 0 aliphatic heterocycles. The van der Waals surface area contributed by atoms with Crippen molar-refractivity contribution >= 4 is 0 Å². The summed E-state index contributed by atoms with van der Waals surface area (Å²) >= 11 is 0. The van der Waals surface area contributed by atoms with Crippen molar-refractivity contribution in [3.63, 3.8) is 0 Å². The molecule has 0 fully saturated rings. The van der Waals surface area contributed by atoms with Crippen LogP contribution in [0.25, 0.3) is 0 Å². The lowest BCUT2D eigenvalue weighted by molar-refractivity contribution is 0.638. The van der Waals surface area contributed by atoms with E-state index < -0.39 is 0 Å². The molecule has 0 aliphatic carbocycles. The fourth-order valence-corrected chi connectivity index (χ4v) is 1.86. The Kier molecular flexibility index (Phi) is 4.07. The molecule has 0 saturated heterocycles. The number of aryl methyl sites for hydroxylation is 2. The maximum absolute atomic E-state index is 2.42. The van der Waals surface area contributed by atoms with Crippen molar-refractivity contribution in [1.82, 2.24) is 4.57 Å². The summed E-state index contributed by atoms with van der Waals surface area (Å²) < 4.78 is 2.42. The summed E-state index contributed by atoms with van der Waals surface area (Å²) in [6.07, 6.45) is 7.13. The molecule has 0 aromatic carbocycles. The highest BCUT2D eigenvalue weighted by molar-refractivity contribution is 5.22. The van der Waals surface area contributed by atoms with E-state index in [1.165, 1.54) is 37.8 Å². The zero-order chi connectivity index (χ0) is 9.68. The first kappa shape index (κ1) is 10.4. The molecule has 1 aromatic heterocycles. The van der Waals surface area contributed by atoms with Gasteiger partial charge in [0.05, 0.1) is 0 Å². The monoisotopic (exact) mass is 179 g/mol. The van der Waals surface area contributed by atoms with Gasteiger partial charge in [0.25, 0.3) is 0 Å². The van der Waals surface area contributed by atoms with Crippen LogP contribution in [0.15, 0.2) is 12.3 Å². The van der Waals surface area contributed by atoms with Gasteiger partial charge in [0.1, 0.15) is 0 Å². The van der Waals surface area contributed by atoms with Crippen LogP contribution >= 0.6 is 0 Å². The Morgan fingerprint density at radius 1 is 1.15 bits per heavy atom. The van der Waals surface area contributed by atoms with E-state index in [0.717, 1.165) is 0 Å². The van der Waals surface area contributed by atoms with Crippen LogP contribution in [-0.4, -0.2) is 4.57 Å². The molecule has 0 unspecified atom stereocenters. The summed E-state index contributed by atoms with van der Waals surface area (Å²) in [7, 11) is 0. The average Bonchev–Trinajstić information content (AvgIpc) is 2.50. The zero-order valence-corrected chi connectivity index (χ0v) is 9.14. The smallest absolute Gasteiger partial charge is 0.0219 e. The first-order valence-corrected chi connectivity index (χ1v) is 5.50. The van der Waals surface area contributed by atoms with Gasteiger partial charge in [0, 0.05) is 18.4 Å². The van der Waals surface area contributed by atoms with Gasteiger partial charge in [0.2, 0.25) is 0 Å². The maximum atomic E-state index is 2.42. The van der Waals surface area contributed by atoms with E-state index in [1.54, 1.807) is 5.69 Å². The minimum Gasteiger partial charge on any atom is -0.351 e. The first-order valence-electron chi connectivity index (χ1n) is 5.50. The molecule has 1 heteroatoms. The number of aromatic nitrogens is 1. The standard InChI is InChI=1S/C12H21N/c1-4-7-12-11(6-3)8-10-13(12)9-5-2/h8,10H,4-7,9H2,1-3H3. The van der Waals surface area contributed by atoms with Crippen LogP contribution in [0.4, 0.5) is 0 Å². The van der Waals surface area contributed by atoms with E-state index in [4.69, 9.17) is 0 Å². The number of hydrogen-bond donors (Lipinski definition) is 0. The summed E-state index contributed by atoms with van der Waals surface area (Å²) in [5.41, 5.74) is 3.10. The van der Waals surface area contributed by atoms with Gasteiger partial charge in [-0.25, -0.2) is 0 Å². The Hall–Kier alpha value is -0.720. The topological polar surface area (TPSA) is 4.93 Å². The quantitative estimate of drug-likeness (QED) is 0.652. The molecule has 0 amide bonds. The highest BCUT2D eigenvalue weighted by Crippen LogP contribution is 2.14. The second kappa shape index (κ2) is 5.11. The van der Waals surface area contributed by atoms with Gasteiger partial charge in [-0.3, -0.25) is 0 Å². The van der Waals surface area contributed by atoms with Crippen LogP contribution in [0, 0.1) is 0 Å². The van der Waals surface area contributed by atoms with Crippen LogP contribution in [0.5, 0.6) is 0 Å². The lowest BCUT2D eigenvalue weighted by Gasteiger charge is -2.08. The highest BCUT2D eigenvalue weighted by Gasteiger charge is 2.05. The van der Waals surface area contributed by atoms with E-state index in [9.17, 15) is 0 Å². The predicted octanol–water partition coefficient (Wildman–Crippen LogP) is 3.41. The van der Waals surface area contributed by atoms with Crippen LogP contribution in [0.3, 0.4) is 0 Å². The molecule has 0 radical (unpaired) electrons. The third-order valence-electron chi connectivity index (χ3n) is 2.51. The molecular weight excluding hydrogens is 158 g/mol. The van der Waals surface area contributed by atoms with E-state index in [2.05, 4.69) is 37.6 Å². The molecular formula is C12H21N. The van der Waals surface area contributed by atoms with Crippen molar-refractivity contribution < 1.29 is 0 Å². The minimum absolute atomic E-state index is 1.17. The molecule has 0 saturated carbocycles. The normalized spacial score (nSPS) is 10.7. The zero-order valence-electron chi connectivity index (χ0n) is 9.14. The molecule has 0 N–H and O–H groups in total. The second-order valence-electron chi connectivity index (χ2n) is 3.58. The van der Waals surface area contributed by atoms with Gasteiger partial charge in [-0.15, -0.1) is 0 Å². The minimum atomic E-state index is 1.17. The number of hydrogen-bond acceptors (Lipinski definition) is 0. The molecule has 0 bridgehead atoms. The van der Waals surface area contributed by atoms with Crippen molar-refractivity contribution in [2.24, 2.45) is 0 Å². The predicted molar refractivity (Wildman–Crippen MR) is 58.1 cm³/mol. The maximum Gasteiger partial charge on any atom is 0.0219 e. The SMILES string of the molecule is CCCc1c(CC)ccn1CCC. The third kappa shape index (κ3) is 2.36. The molecule has 1 rings (SSSR count). The Labute approximate surface area is 81.8 Å². The fraction of sp³-hybridized carbons (Fsp3) is 0.667. The molecule has 0 atom stereocenters. The summed E-state index contributed by atoms with van der Waals surface area (Å²) in [6, 6.07) is 2.28. The van der Waals surface area contributed by atoms with Crippen molar-refractivity contribution in [2.45, 2.75) is 53.0 Å². The fourth-order valence-electron chi connectivity index (χ4n) is 1.86. The first-order chi connectivity index (χ1) is 6.33. The van der Waals surface area contributed by atoms with Crippen LogP contribution in [0.1, 0.15) is 44.9 Å². The summed E-state index contributed by atoms with van der Waals surface area (Å²) in [4.78, 5) is 0. The molecule has 1 heterocycles. The van der Waals surface area contributed by atoms with Gasteiger partial charge in [0.15, 0.2) is 0 Å². The van der Waals surface area contributed by atoms with E-state index >= 15 is 0 Å². The van der Waals surface area contributed by atoms with Gasteiger partial charge >= 0.3 is 0 Å². The Morgan fingerprint density at radius 2 is 1.92 bits per heavy atom. The Bertz CT molecular complexity index is 248. The number of rotatable bonds is 5. The summed E-state index contributed by atoms with van der Waals surface area (Å²) in [5.74, 6) is 0. The number of nitrogens with zero attached hydrogens (tertiary/aromatic N) is 1. The van der Waals surface area contributed by atoms with E-state index in [1.807, 2.05) is 0 Å². The summed E-state index contributed by atoms with van der Waals surface area (Å²) in [5, 5.41) is 0. The molecule has 74 valence electrons. The van der Waals surface area contributed by atoms with Gasteiger partial charge in [-0.2, -0.15) is 0 Å². The average molecular weight is 179 g/mol. The lowest BCUT2D eigenvalue weighted by Crippen LogP contribution is -2.02. The second-order valence-corrected chi connectivity index (χ2v) is 3.58. The van der Waals surface area contributed by atoms with Gasteiger partial charge in [-0.1, -0.05) is 27.2 Å². The Morgan fingerprint density at radius 3 is 2.46 bits per heavy atom. The molecule has 13 heavy (non-hydrogen) atoms. The van der Waals surface area contributed by atoms with E-state index in [0.29, 0.717) is 0 Å². The van der Waals surface area contributed by atoms with Crippen LogP contribution in [-0.2, 0) is 19.4 Å². The molecule has 1 aromatic rings. The van der Waals surface area contributed by atoms with Crippen molar-refractivity contribution in [3.05, 3.63) is 23.5 Å². The molecule has 1 nitrogen and oxygen atoms in total. The summed E-state index contributed by atoms with van der Waals surface area (Å²) in [6.45, 7) is 7.91. The van der Waals surface area contributed by atoms with Crippen molar-refractivity contribution in [3.8, 4) is 0 Å². The molecule has 0 aliphatic rings. The highest BCUT2D eigenvalue weighted by atomic mass is 15.0. The van der Waals surface area contributed by atoms with Crippen molar-refractivity contribution in [1.29, 1.82) is 0 Å². The van der Waals surface area contributed by atoms with Crippen molar-refractivity contribution in [2.75, 3.05) is 0 Å². The molecule has 0 spiro atoms. The van der Waals surface area contributed by atoms with Crippen LogP contribution < -0.4 is 0 Å². The van der Waals surface area contributed by atoms with E-state index in [-0.39, 0.29) is 0 Å². The largest absolute Gasteiger partial charge is 0.351 e. The van der Waals surface area contributed by atoms with Crippen LogP contribution in [0.2, 0.25) is 0 Å². The third-order valence-corrected chi connectivity index (χ3v) is 2.51. The lowest BCUT2D eigenvalue weighted by atomic mass is 10.1. The van der Waals surface area contributed by atoms with Gasteiger partial charge < -0.3 is 4.57 Å². The Balaban J connectivity index is 2.85.